The van der Waals surface area contributed by atoms with Gasteiger partial charge >= 0.3 is 0 Å². The van der Waals surface area contributed by atoms with E-state index in [1.165, 1.54) is 4.68 Å². The van der Waals surface area contributed by atoms with Gasteiger partial charge in [-0.3, -0.25) is 4.79 Å². The molecular weight excluding hydrogens is 254 g/mol. The predicted molar refractivity (Wildman–Crippen MR) is 69.8 cm³/mol. The quantitative estimate of drug-likeness (QED) is 0.904. The molecule has 5 nitrogen and oxygen atoms in total. The smallest absolute Gasteiger partial charge is 0.287 e. The van der Waals surface area contributed by atoms with Crippen LogP contribution in [0.4, 0.5) is 5.69 Å². The van der Waals surface area contributed by atoms with Crippen LogP contribution in [-0.4, -0.2) is 9.78 Å². The first-order valence-electron chi connectivity index (χ1n) is 5.73. The fourth-order valence-electron chi connectivity index (χ4n) is 1.55. The standard InChI is InChI=1S/C12H14ClN3O2/c1-2-4-16-12(17)11(13)10(7-15-16)14-6-9-3-5-18-8-9/h3,5,7-8,14H,2,4,6H2,1H3. The highest BCUT2D eigenvalue weighted by Gasteiger charge is 2.08. The van der Waals surface area contributed by atoms with E-state index < -0.39 is 0 Å². The number of anilines is 1. The number of aryl methyl sites for hydroxylation is 1. The van der Waals surface area contributed by atoms with Crippen LogP contribution >= 0.6 is 11.6 Å². The van der Waals surface area contributed by atoms with Crippen LogP contribution in [0.1, 0.15) is 18.9 Å². The van der Waals surface area contributed by atoms with Crippen molar-refractivity contribution in [3.8, 4) is 0 Å². The molecule has 0 aliphatic rings. The molecule has 2 aromatic rings. The maximum atomic E-state index is 11.9. The highest BCUT2D eigenvalue weighted by molar-refractivity contribution is 6.32. The summed E-state index contributed by atoms with van der Waals surface area (Å²) < 4.78 is 6.32. The third-order valence-electron chi connectivity index (χ3n) is 2.48. The molecule has 96 valence electrons. The SMILES string of the molecule is CCCn1ncc(NCc2ccoc2)c(Cl)c1=O. The molecule has 2 heterocycles. The van der Waals surface area contributed by atoms with Gasteiger partial charge in [-0.15, -0.1) is 0 Å². The van der Waals surface area contributed by atoms with Crippen molar-refractivity contribution >= 4 is 17.3 Å². The summed E-state index contributed by atoms with van der Waals surface area (Å²) >= 11 is 6.02. The van der Waals surface area contributed by atoms with Gasteiger partial charge in [0.05, 0.1) is 24.4 Å². The van der Waals surface area contributed by atoms with Gasteiger partial charge in [0.15, 0.2) is 0 Å². The molecule has 2 aromatic heterocycles. The van der Waals surface area contributed by atoms with Gasteiger partial charge in [0.25, 0.3) is 5.56 Å². The molecule has 0 atom stereocenters. The number of nitrogens with zero attached hydrogens (tertiary/aromatic N) is 2. The molecular formula is C12H14ClN3O2. The molecule has 18 heavy (non-hydrogen) atoms. The first kappa shape index (κ1) is 12.7. The Balaban J connectivity index is 2.14. The summed E-state index contributed by atoms with van der Waals surface area (Å²) in [5.74, 6) is 0. The second-order valence-electron chi connectivity index (χ2n) is 3.89. The Hall–Kier alpha value is -1.75. The van der Waals surface area contributed by atoms with Crippen molar-refractivity contribution in [2.24, 2.45) is 0 Å². The van der Waals surface area contributed by atoms with Crippen molar-refractivity contribution in [2.45, 2.75) is 26.4 Å². The molecule has 0 saturated carbocycles. The Morgan fingerprint density at radius 1 is 1.56 bits per heavy atom. The monoisotopic (exact) mass is 267 g/mol. The number of hydrogen-bond acceptors (Lipinski definition) is 4. The molecule has 2 rings (SSSR count). The van der Waals surface area contributed by atoms with Crippen LogP contribution in [0.25, 0.3) is 0 Å². The van der Waals surface area contributed by atoms with Crippen LogP contribution in [-0.2, 0) is 13.1 Å². The first-order chi connectivity index (χ1) is 8.72. The fourth-order valence-corrected chi connectivity index (χ4v) is 1.76. The summed E-state index contributed by atoms with van der Waals surface area (Å²) in [4.78, 5) is 11.9. The minimum absolute atomic E-state index is 0.168. The third-order valence-corrected chi connectivity index (χ3v) is 2.85. The molecule has 0 bridgehead atoms. The van der Waals surface area contributed by atoms with E-state index in [2.05, 4.69) is 10.4 Å². The molecule has 0 aliphatic carbocycles. The van der Waals surface area contributed by atoms with Gasteiger partial charge in [-0.05, 0) is 12.5 Å². The van der Waals surface area contributed by atoms with E-state index in [4.69, 9.17) is 16.0 Å². The maximum absolute atomic E-state index is 11.9. The van der Waals surface area contributed by atoms with Crippen molar-refractivity contribution < 1.29 is 4.42 Å². The maximum Gasteiger partial charge on any atom is 0.287 e. The second-order valence-corrected chi connectivity index (χ2v) is 4.26. The van der Waals surface area contributed by atoms with E-state index in [0.29, 0.717) is 18.8 Å². The lowest BCUT2D eigenvalue weighted by atomic mass is 10.3. The zero-order valence-corrected chi connectivity index (χ0v) is 10.8. The molecule has 0 aromatic carbocycles. The third kappa shape index (κ3) is 2.73. The Morgan fingerprint density at radius 2 is 2.39 bits per heavy atom. The minimum atomic E-state index is -0.268. The molecule has 0 spiro atoms. The van der Waals surface area contributed by atoms with Gasteiger partial charge in [-0.25, -0.2) is 4.68 Å². The van der Waals surface area contributed by atoms with E-state index in [-0.39, 0.29) is 10.6 Å². The number of furan rings is 1. The average Bonchev–Trinajstić information content (AvgIpc) is 2.87. The van der Waals surface area contributed by atoms with Crippen LogP contribution < -0.4 is 10.9 Å². The van der Waals surface area contributed by atoms with E-state index in [0.717, 1.165) is 12.0 Å². The molecule has 0 unspecified atom stereocenters. The lowest BCUT2D eigenvalue weighted by Gasteiger charge is -2.08. The van der Waals surface area contributed by atoms with Crippen molar-refractivity contribution in [3.63, 3.8) is 0 Å². The second kappa shape index (κ2) is 5.73. The molecule has 0 aliphatic heterocycles. The molecule has 1 N–H and O–H groups in total. The van der Waals surface area contributed by atoms with Crippen molar-refractivity contribution in [1.82, 2.24) is 9.78 Å². The first-order valence-corrected chi connectivity index (χ1v) is 6.10. The summed E-state index contributed by atoms with van der Waals surface area (Å²) in [6, 6.07) is 1.84. The van der Waals surface area contributed by atoms with Gasteiger partial charge < -0.3 is 9.73 Å². The van der Waals surface area contributed by atoms with Crippen molar-refractivity contribution in [1.29, 1.82) is 0 Å². The lowest BCUT2D eigenvalue weighted by molar-refractivity contribution is 0.564. The Kier molecular flexibility index (Phi) is 4.04. The summed E-state index contributed by atoms with van der Waals surface area (Å²) in [6.07, 6.45) is 5.63. The molecule has 0 radical (unpaired) electrons. The van der Waals surface area contributed by atoms with E-state index >= 15 is 0 Å². The highest BCUT2D eigenvalue weighted by Crippen LogP contribution is 2.16. The Bertz CT molecular complexity index is 563. The zero-order valence-electron chi connectivity index (χ0n) is 10.0. The van der Waals surface area contributed by atoms with Gasteiger partial charge in [-0.2, -0.15) is 5.10 Å². The van der Waals surface area contributed by atoms with Crippen LogP contribution in [0.2, 0.25) is 5.02 Å². The summed E-state index contributed by atoms with van der Waals surface area (Å²) in [5, 5.41) is 7.29. The molecule has 0 saturated heterocycles. The van der Waals surface area contributed by atoms with Gasteiger partial charge in [0.2, 0.25) is 0 Å². The highest BCUT2D eigenvalue weighted by atomic mass is 35.5. The number of hydrogen-bond donors (Lipinski definition) is 1. The van der Waals surface area contributed by atoms with Gasteiger partial charge in [0.1, 0.15) is 5.02 Å². The topological polar surface area (TPSA) is 60.1 Å². The summed E-state index contributed by atoms with van der Waals surface area (Å²) in [6.45, 7) is 3.09. The normalized spacial score (nSPS) is 10.6. The Labute approximate surface area is 109 Å². The minimum Gasteiger partial charge on any atom is -0.472 e. The van der Waals surface area contributed by atoms with Crippen molar-refractivity contribution in [2.75, 3.05) is 5.32 Å². The summed E-state index contributed by atoms with van der Waals surface area (Å²) in [7, 11) is 0. The van der Waals surface area contributed by atoms with Gasteiger partial charge in [-0.1, -0.05) is 18.5 Å². The molecule has 0 fully saturated rings. The lowest BCUT2D eigenvalue weighted by Crippen LogP contribution is -2.24. The van der Waals surface area contributed by atoms with Gasteiger partial charge in [0, 0.05) is 18.7 Å². The van der Waals surface area contributed by atoms with Crippen LogP contribution in [0.5, 0.6) is 0 Å². The van der Waals surface area contributed by atoms with Crippen molar-refractivity contribution in [3.05, 3.63) is 45.7 Å². The fraction of sp³-hybridized carbons (Fsp3) is 0.333. The average molecular weight is 268 g/mol. The van der Waals surface area contributed by atoms with E-state index in [1.807, 2.05) is 13.0 Å². The number of halogens is 1. The molecule has 0 amide bonds. The van der Waals surface area contributed by atoms with Crippen LogP contribution in [0, 0.1) is 0 Å². The number of nitrogens with one attached hydrogen (secondary N) is 1. The largest absolute Gasteiger partial charge is 0.472 e. The Morgan fingerprint density at radius 3 is 3.06 bits per heavy atom. The number of aromatic nitrogens is 2. The predicted octanol–water partition coefficient (Wildman–Crippen LogP) is 2.51. The van der Waals surface area contributed by atoms with E-state index in [9.17, 15) is 4.79 Å². The summed E-state index contributed by atoms with van der Waals surface area (Å²) in [5.41, 5.74) is 1.25. The van der Waals surface area contributed by atoms with Crippen LogP contribution in [0.3, 0.4) is 0 Å². The molecule has 6 heteroatoms. The van der Waals surface area contributed by atoms with E-state index in [1.54, 1.807) is 18.7 Å². The number of rotatable bonds is 5. The van der Waals surface area contributed by atoms with Crippen LogP contribution in [0.15, 0.2) is 34.0 Å². The zero-order chi connectivity index (χ0) is 13.0.